The van der Waals surface area contributed by atoms with Crippen LogP contribution in [0.4, 0.5) is 13.2 Å². The normalized spacial score (nSPS) is 20.3. The number of rotatable bonds is 2. The van der Waals surface area contributed by atoms with Crippen LogP contribution in [0.25, 0.3) is 5.69 Å². The van der Waals surface area contributed by atoms with Crippen LogP contribution in [-0.2, 0) is 10.9 Å². The highest BCUT2D eigenvalue weighted by atomic mass is 19.4. The summed E-state index contributed by atoms with van der Waals surface area (Å²) in [6, 6.07) is 5.53. The van der Waals surface area contributed by atoms with Gasteiger partial charge in [-0.1, -0.05) is 6.07 Å². The summed E-state index contributed by atoms with van der Waals surface area (Å²) in [5.74, 6) is -0.562. The molecule has 0 bridgehead atoms. The third-order valence-electron chi connectivity index (χ3n) is 4.60. The number of amides is 1. The number of morpholine rings is 1. The van der Waals surface area contributed by atoms with Crippen molar-refractivity contribution >= 4 is 5.91 Å². The average molecular weight is 395 g/mol. The fourth-order valence-electron chi connectivity index (χ4n) is 3.09. The van der Waals surface area contributed by atoms with E-state index >= 15 is 0 Å². The summed E-state index contributed by atoms with van der Waals surface area (Å²) in [5, 5.41) is 4.10. The van der Waals surface area contributed by atoms with Crippen molar-refractivity contribution in [2.75, 3.05) is 13.2 Å². The van der Waals surface area contributed by atoms with E-state index in [1.807, 2.05) is 6.92 Å². The summed E-state index contributed by atoms with van der Waals surface area (Å²) in [5.41, 5.74) is -1.30. The van der Waals surface area contributed by atoms with Gasteiger partial charge in [0.2, 0.25) is 5.43 Å². The van der Waals surface area contributed by atoms with Crippen LogP contribution < -0.4 is 5.43 Å². The number of alkyl halides is 3. The predicted octanol–water partition coefficient (Wildman–Crippen LogP) is 2.81. The third-order valence-corrected chi connectivity index (χ3v) is 4.60. The van der Waals surface area contributed by atoms with Gasteiger partial charge in [-0.15, -0.1) is 0 Å². The lowest BCUT2D eigenvalue weighted by Crippen LogP contribution is -2.51. The Balaban J connectivity index is 2.04. The number of halogens is 3. The van der Waals surface area contributed by atoms with E-state index in [1.54, 1.807) is 13.8 Å². The molecule has 0 spiro atoms. The molecule has 0 saturated carbocycles. The van der Waals surface area contributed by atoms with E-state index in [1.165, 1.54) is 27.8 Å². The van der Waals surface area contributed by atoms with Gasteiger partial charge >= 0.3 is 6.18 Å². The molecule has 2 atom stereocenters. The maximum atomic E-state index is 13.0. The molecule has 2 aromatic rings. The minimum absolute atomic E-state index is 0.116. The lowest BCUT2D eigenvalue weighted by Gasteiger charge is -2.36. The first kappa shape index (κ1) is 20.1. The molecule has 150 valence electrons. The van der Waals surface area contributed by atoms with Crippen LogP contribution >= 0.6 is 0 Å². The number of aryl methyl sites for hydroxylation is 1. The summed E-state index contributed by atoms with van der Waals surface area (Å²) < 4.78 is 45.7. The minimum atomic E-state index is -4.51. The van der Waals surface area contributed by atoms with Crippen molar-refractivity contribution < 1.29 is 22.7 Å². The van der Waals surface area contributed by atoms with Gasteiger partial charge < -0.3 is 9.64 Å². The van der Waals surface area contributed by atoms with Crippen LogP contribution in [-0.4, -0.2) is 45.9 Å². The second-order valence-corrected chi connectivity index (χ2v) is 6.91. The van der Waals surface area contributed by atoms with Gasteiger partial charge in [-0.25, -0.2) is 4.68 Å². The van der Waals surface area contributed by atoms with Gasteiger partial charge in [-0.05, 0) is 39.0 Å². The molecule has 0 radical (unpaired) electrons. The molecule has 1 aromatic heterocycles. The first-order valence-corrected chi connectivity index (χ1v) is 8.79. The molecule has 2 unspecified atom stereocenters. The van der Waals surface area contributed by atoms with E-state index in [-0.39, 0.29) is 23.5 Å². The number of aromatic nitrogens is 2. The molecule has 0 aliphatic carbocycles. The van der Waals surface area contributed by atoms with E-state index in [4.69, 9.17) is 4.74 Å². The Morgan fingerprint density at radius 1 is 1.25 bits per heavy atom. The molecular formula is C19H20F3N3O3. The topological polar surface area (TPSA) is 64.4 Å². The molecule has 1 aliphatic heterocycles. The molecule has 9 heteroatoms. The van der Waals surface area contributed by atoms with Gasteiger partial charge in [0.05, 0.1) is 30.0 Å². The van der Waals surface area contributed by atoms with Crippen LogP contribution in [0.1, 0.15) is 35.6 Å². The molecule has 1 aliphatic rings. The number of benzene rings is 1. The zero-order valence-corrected chi connectivity index (χ0v) is 15.7. The second-order valence-electron chi connectivity index (χ2n) is 6.91. The molecule has 1 fully saturated rings. The largest absolute Gasteiger partial charge is 0.416 e. The van der Waals surface area contributed by atoms with Crippen molar-refractivity contribution in [1.29, 1.82) is 0 Å². The van der Waals surface area contributed by atoms with Crippen LogP contribution in [0, 0.1) is 6.92 Å². The zero-order valence-electron chi connectivity index (χ0n) is 15.7. The molecule has 1 saturated heterocycles. The predicted molar refractivity (Wildman–Crippen MR) is 95.5 cm³/mol. The number of hydrogen-bond donors (Lipinski definition) is 0. The summed E-state index contributed by atoms with van der Waals surface area (Å²) >= 11 is 0. The Bertz CT molecular complexity index is 955. The van der Waals surface area contributed by atoms with Gasteiger partial charge in [0.15, 0.2) is 5.69 Å². The molecule has 28 heavy (non-hydrogen) atoms. The Morgan fingerprint density at radius 3 is 2.64 bits per heavy atom. The number of carbonyl (C=O) groups excluding carboxylic acids is 1. The molecule has 6 nitrogen and oxygen atoms in total. The lowest BCUT2D eigenvalue weighted by atomic mass is 10.1. The van der Waals surface area contributed by atoms with Crippen LogP contribution in [0.15, 0.2) is 35.1 Å². The van der Waals surface area contributed by atoms with Crippen molar-refractivity contribution in [2.45, 2.75) is 39.1 Å². The van der Waals surface area contributed by atoms with Crippen LogP contribution in [0.3, 0.4) is 0 Å². The molecular weight excluding hydrogens is 375 g/mol. The maximum Gasteiger partial charge on any atom is 0.416 e. The highest BCUT2D eigenvalue weighted by Crippen LogP contribution is 2.30. The molecule has 2 heterocycles. The van der Waals surface area contributed by atoms with Crippen molar-refractivity contribution in [3.05, 3.63) is 57.5 Å². The van der Waals surface area contributed by atoms with Gasteiger partial charge in [-0.2, -0.15) is 18.3 Å². The van der Waals surface area contributed by atoms with Crippen molar-refractivity contribution in [1.82, 2.24) is 14.7 Å². The Morgan fingerprint density at radius 2 is 1.96 bits per heavy atom. The SMILES string of the molecule is Cc1cc(=O)c(C(=O)N2CC(C)OCC2C)nn1-c1cccc(C(F)(F)F)c1. The summed E-state index contributed by atoms with van der Waals surface area (Å²) in [4.78, 5) is 26.8. The van der Waals surface area contributed by atoms with Gasteiger partial charge in [-0.3, -0.25) is 9.59 Å². The standard InChI is InChI=1S/C19H20F3N3O3/c1-11-7-16(26)17(18(27)24-9-13(3)28-10-12(24)2)23-25(11)15-6-4-5-14(8-15)19(20,21)22/h4-8,12-13H,9-10H2,1-3H3. The minimum Gasteiger partial charge on any atom is -0.375 e. The summed E-state index contributed by atoms with van der Waals surface area (Å²) in [6.45, 7) is 5.79. The van der Waals surface area contributed by atoms with Gasteiger partial charge in [0.25, 0.3) is 5.91 Å². The van der Waals surface area contributed by atoms with E-state index in [2.05, 4.69) is 5.10 Å². The number of hydrogen-bond acceptors (Lipinski definition) is 4. The van der Waals surface area contributed by atoms with E-state index in [9.17, 15) is 22.8 Å². The summed E-state index contributed by atoms with van der Waals surface area (Å²) in [7, 11) is 0. The average Bonchev–Trinajstić information content (AvgIpc) is 2.63. The first-order valence-electron chi connectivity index (χ1n) is 8.79. The van der Waals surface area contributed by atoms with E-state index < -0.39 is 23.1 Å². The highest BCUT2D eigenvalue weighted by Gasteiger charge is 2.32. The van der Waals surface area contributed by atoms with Gasteiger partial charge in [0.1, 0.15) is 0 Å². The Labute approximate surface area is 159 Å². The fourth-order valence-corrected chi connectivity index (χ4v) is 3.09. The first-order chi connectivity index (χ1) is 13.1. The third kappa shape index (κ3) is 3.94. The molecule has 0 N–H and O–H groups in total. The molecule has 3 rings (SSSR count). The second kappa shape index (κ2) is 7.38. The smallest absolute Gasteiger partial charge is 0.375 e. The van der Waals surface area contributed by atoms with Crippen LogP contribution in [0.2, 0.25) is 0 Å². The highest BCUT2D eigenvalue weighted by molar-refractivity contribution is 5.92. The Hall–Kier alpha value is -2.68. The molecule has 1 amide bonds. The van der Waals surface area contributed by atoms with Crippen molar-refractivity contribution in [3.63, 3.8) is 0 Å². The molecule has 1 aromatic carbocycles. The van der Waals surface area contributed by atoms with E-state index in [0.717, 1.165) is 12.1 Å². The van der Waals surface area contributed by atoms with Crippen molar-refractivity contribution in [2.24, 2.45) is 0 Å². The van der Waals surface area contributed by atoms with Crippen LogP contribution in [0.5, 0.6) is 0 Å². The monoisotopic (exact) mass is 395 g/mol. The maximum absolute atomic E-state index is 13.0. The lowest BCUT2D eigenvalue weighted by molar-refractivity contribution is -0.137. The van der Waals surface area contributed by atoms with E-state index in [0.29, 0.717) is 18.8 Å². The number of ether oxygens (including phenoxy) is 1. The fraction of sp³-hybridized carbons (Fsp3) is 0.421. The summed E-state index contributed by atoms with van der Waals surface area (Å²) in [6.07, 6.45) is -4.70. The van der Waals surface area contributed by atoms with Gasteiger partial charge in [0, 0.05) is 18.3 Å². The number of carbonyl (C=O) groups is 1. The van der Waals surface area contributed by atoms with Crippen molar-refractivity contribution in [3.8, 4) is 5.69 Å². The Kier molecular flexibility index (Phi) is 5.29. The number of nitrogens with zero attached hydrogens (tertiary/aromatic N) is 3. The zero-order chi connectivity index (χ0) is 20.6. The quantitative estimate of drug-likeness (QED) is 0.785.